The fourth-order valence-electron chi connectivity index (χ4n) is 1.29. The van der Waals surface area contributed by atoms with Crippen molar-refractivity contribution in [2.75, 3.05) is 0 Å². The quantitative estimate of drug-likeness (QED) is 0.634. The Morgan fingerprint density at radius 1 is 1.33 bits per heavy atom. The van der Waals surface area contributed by atoms with E-state index in [4.69, 9.17) is 0 Å². The van der Waals surface area contributed by atoms with Crippen molar-refractivity contribution < 1.29 is 0 Å². The van der Waals surface area contributed by atoms with Crippen LogP contribution in [0.1, 0.15) is 30.7 Å². The first-order chi connectivity index (χ1) is 5.86. The summed E-state index contributed by atoms with van der Waals surface area (Å²) in [7, 11) is 0. The number of rotatable bonds is 0. The molecule has 0 spiro atoms. The maximum atomic E-state index is 4.30. The Bertz CT molecular complexity index is 256. The fraction of sp³-hybridized carbons (Fsp3) is 0.500. The minimum Gasteiger partial charge on any atom is -0.307 e. The van der Waals surface area contributed by atoms with Gasteiger partial charge in [-0.25, -0.2) is 0 Å². The number of nitrogens with zero attached hydrogens (tertiary/aromatic N) is 1. The molecule has 12 heavy (non-hydrogen) atoms. The van der Waals surface area contributed by atoms with Crippen LogP contribution in [0.2, 0.25) is 0 Å². The van der Waals surface area contributed by atoms with E-state index < -0.39 is 0 Å². The minimum absolute atomic E-state index is 0.940. The van der Waals surface area contributed by atoms with Crippen molar-refractivity contribution >= 4 is 0 Å². The molecule has 1 N–H and O–H groups in total. The van der Waals surface area contributed by atoms with E-state index in [0.29, 0.717) is 0 Å². The van der Waals surface area contributed by atoms with Crippen molar-refractivity contribution in [1.29, 1.82) is 0 Å². The summed E-state index contributed by atoms with van der Waals surface area (Å²) >= 11 is 0. The lowest BCUT2D eigenvalue weighted by molar-refractivity contribution is 0.757. The van der Waals surface area contributed by atoms with Gasteiger partial charge >= 0.3 is 0 Å². The molecular formula is C10H16N2. The van der Waals surface area contributed by atoms with Crippen molar-refractivity contribution in [3.05, 3.63) is 29.1 Å². The number of nitrogens with one attached hydrogen (secondary N) is 1. The topological polar surface area (TPSA) is 24.9 Å². The molecule has 1 aromatic heterocycles. The highest BCUT2D eigenvalue weighted by Crippen LogP contribution is 2.12. The van der Waals surface area contributed by atoms with E-state index in [1.807, 2.05) is 20.0 Å². The van der Waals surface area contributed by atoms with Gasteiger partial charge in [0.2, 0.25) is 0 Å². The number of hydrogen-bond donors (Lipinski definition) is 1. The van der Waals surface area contributed by atoms with Crippen molar-refractivity contribution in [2.24, 2.45) is 0 Å². The van der Waals surface area contributed by atoms with Crippen LogP contribution in [0.3, 0.4) is 0 Å². The van der Waals surface area contributed by atoms with Gasteiger partial charge in [-0.05, 0) is 18.1 Å². The monoisotopic (exact) mass is 164 g/mol. The third-order valence-electron chi connectivity index (χ3n) is 1.80. The van der Waals surface area contributed by atoms with Crippen LogP contribution in [0.5, 0.6) is 0 Å². The third kappa shape index (κ3) is 1.83. The lowest BCUT2D eigenvalue weighted by atomic mass is 10.2. The van der Waals surface area contributed by atoms with Gasteiger partial charge in [0.1, 0.15) is 0 Å². The first-order valence-corrected chi connectivity index (χ1v) is 4.51. The number of pyridine rings is 1. The lowest BCUT2D eigenvalue weighted by Crippen LogP contribution is -2.00. The Balaban J connectivity index is 0.000000336. The molecule has 0 saturated carbocycles. The Hall–Kier alpha value is -0.890. The number of aromatic nitrogens is 1. The Morgan fingerprint density at radius 2 is 2.08 bits per heavy atom. The molecule has 0 unspecified atom stereocenters. The first-order valence-electron chi connectivity index (χ1n) is 4.51. The minimum atomic E-state index is 0.940. The standard InChI is InChI=1S/C8H10N2.C2H6/c1-6-2-7-4-9-5-8(7)10-3-6;1-2/h2-3,9H,4-5H2,1H3;1-2H3. The summed E-state index contributed by atoms with van der Waals surface area (Å²) in [4.78, 5) is 4.30. The number of fused-ring (bicyclic) bond motifs is 1. The van der Waals surface area contributed by atoms with Crippen molar-refractivity contribution in [3.8, 4) is 0 Å². The SMILES string of the molecule is CC.Cc1cnc2c(c1)CNC2. The highest BCUT2D eigenvalue weighted by atomic mass is 14.9. The highest BCUT2D eigenvalue weighted by molar-refractivity contribution is 5.27. The maximum Gasteiger partial charge on any atom is 0.0586 e. The van der Waals surface area contributed by atoms with Gasteiger partial charge in [0.25, 0.3) is 0 Å². The van der Waals surface area contributed by atoms with Crippen LogP contribution in [-0.2, 0) is 13.1 Å². The Kier molecular flexibility index (Phi) is 3.23. The van der Waals surface area contributed by atoms with Gasteiger partial charge in [-0.1, -0.05) is 19.9 Å². The molecule has 0 amide bonds. The van der Waals surface area contributed by atoms with Gasteiger partial charge in [-0.3, -0.25) is 4.98 Å². The molecular weight excluding hydrogens is 148 g/mol. The van der Waals surface area contributed by atoms with E-state index >= 15 is 0 Å². The van der Waals surface area contributed by atoms with Crippen molar-refractivity contribution in [1.82, 2.24) is 10.3 Å². The summed E-state index contributed by atoms with van der Waals surface area (Å²) in [5.74, 6) is 0. The van der Waals surface area contributed by atoms with Gasteiger partial charge in [0.05, 0.1) is 5.69 Å². The molecule has 0 atom stereocenters. The zero-order valence-electron chi connectivity index (χ0n) is 8.02. The molecule has 1 aromatic rings. The molecule has 2 rings (SSSR count). The van der Waals surface area contributed by atoms with Crippen LogP contribution in [0.15, 0.2) is 12.3 Å². The molecule has 2 nitrogen and oxygen atoms in total. The lowest BCUT2D eigenvalue weighted by Gasteiger charge is -1.96. The molecule has 0 aliphatic carbocycles. The molecule has 0 aromatic carbocycles. The van der Waals surface area contributed by atoms with Crippen LogP contribution in [0, 0.1) is 6.92 Å². The first kappa shape index (κ1) is 9.20. The van der Waals surface area contributed by atoms with Crippen LogP contribution < -0.4 is 5.32 Å². The van der Waals surface area contributed by atoms with Crippen LogP contribution in [-0.4, -0.2) is 4.98 Å². The summed E-state index contributed by atoms with van der Waals surface area (Å²) in [6, 6.07) is 2.20. The van der Waals surface area contributed by atoms with Gasteiger partial charge in [-0.2, -0.15) is 0 Å². The van der Waals surface area contributed by atoms with Crippen molar-refractivity contribution in [2.45, 2.75) is 33.9 Å². The summed E-state index contributed by atoms with van der Waals surface area (Å²) in [6.45, 7) is 8.01. The molecule has 0 bridgehead atoms. The summed E-state index contributed by atoms with van der Waals surface area (Å²) in [6.07, 6.45) is 1.92. The molecule has 1 aliphatic rings. The van der Waals surface area contributed by atoms with E-state index in [9.17, 15) is 0 Å². The molecule has 2 heterocycles. The Labute approximate surface area is 74.0 Å². The maximum absolute atomic E-state index is 4.30. The van der Waals surface area contributed by atoms with E-state index in [2.05, 4.69) is 23.3 Å². The van der Waals surface area contributed by atoms with Gasteiger partial charge < -0.3 is 5.32 Å². The average Bonchev–Trinajstić information content (AvgIpc) is 2.54. The molecule has 2 heteroatoms. The summed E-state index contributed by atoms with van der Waals surface area (Å²) < 4.78 is 0. The van der Waals surface area contributed by atoms with Gasteiger partial charge in [0.15, 0.2) is 0 Å². The van der Waals surface area contributed by atoms with E-state index in [1.165, 1.54) is 16.8 Å². The average molecular weight is 164 g/mol. The van der Waals surface area contributed by atoms with Crippen LogP contribution >= 0.6 is 0 Å². The molecule has 0 fully saturated rings. The second-order valence-electron chi connectivity index (χ2n) is 2.72. The summed E-state index contributed by atoms with van der Waals surface area (Å²) in [5.41, 5.74) is 3.83. The predicted octanol–water partition coefficient (Wildman–Crippen LogP) is 2.02. The molecule has 1 aliphatic heterocycles. The molecule has 0 saturated heterocycles. The Morgan fingerprint density at radius 3 is 2.83 bits per heavy atom. The normalized spacial score (nSPS) is 13.2. The summed E-state index contributed by atoms with van der Waals surface area (Å²) in [5, 5.41) is 3.25. The van der Waals surface area contributed by atoms with E-state index in [1.54, 1.807) is 0 Å². The number of aryl methyl sites for hydroxylation is 1. The second-order valence-corrected chi connectivity index (χ2v) is 2.72. The van der Waals surface area contributed by atoms with E-state index in [-0.39, 0.29) is 0 Å². The van der Waals surface area contributed by atoms with E-state index in [0.717, 1.165) is 13.1 Å². The predicted molar refractivity (Wildman–Crippen MR) is 50.9 cm³/mol. The van der Waals surface area contributed by atoms with Crippen molar-refractivity contribution in [3.63, 3.8) is 0 Å². The zero-order chi connectivity index (χ0) is 8.97. The fourth-order valence-corrected chi connectivity index (χ4v) is 1.29. The third-order valence-corrected chi connectivity index (χ3v) is 1.80. The van der Waals surface area contributed by atoms with Crippen LogP contribution in [0.25, 0.3) is 0 Å². The zero-order valence-corrected chi connectivity index (χ0v) is 8.02. The molecule has 66 valence electrons. The van der Waals surface area contributed by atoms with Crippen LogP contribution in [0.4, 0.5) is 0 Å². The molecule has 0 radical (unpaired) electrons. The van der Waals surface area contributed by atoms with Gasteiger partial charge in [0, 0.05) is 19.3 Å². The number of hydrogen-bond acceptors (Lipinski definition) is 2. The van der Waals surface area contributed by atoms with Gasteiger partial charge in [-0.15, -0.1) is 0 Å². The highest BCUT2D eigenvalue weighted by Gasteiger charge is 2.09. The largest absolute Gasteiger partial charge is 0.307 e. The smallest absolute Gasteiger partial charge is 0.0586 e. The second kappa shape index (κ2) is 4.21.